The molecule has 0 saturated carbocycles. The van der Waals surface area contributed by atoms with Crippen molar-refractivity contribution in [2.45, 2.75) is 19.8 Å². The Morgan fingerprint density at radius 1 is 0.963 bits per heavy atom. The summed E-state index contributed by atoms with van der Waals surface area (Å²) in [6.07, 6.45) is 2.08. The van der Waals surface area contributed by atoms with E-state index < -0.39 is 5.91 Å². The van der Waals surface area contributed by atoms with E-state index in [1.807, 2.05) is 24.3 Å². The van der Waals surface area contributed by atoms with Crippen LogP contribution >= 0.6 is 0 Å². The molecular weight excluding hydrogens is 348 g/mol. The molecule has 0 unspecified atom stereocenters. The SMILES string of the molecule is CCCc1ccc(OCC(=O)NCCNC(=O)c2cc(O)cc(O)c2)cc1. The minimum Gasteiger partial charge on any atom is -0.508 e. The molecule has 7 heteroatoms. The second-order valence-corrected chi connectivity index (χ2v) is 6.03. The maximum atomic E-state index is 11.9. The summed E-state index contributed by atoms with van der Waals surface area (Å²) in [5.74, 6) is -0.528. The Morgan fingerprint density at radius 2 is 1.59 bits per heavy atom. The number of hydrogen-bond donors (Lipinski definition) is 4. The second-order valence-electron chi connectivity index (χ2n) is 6.03. The van der Waals surface area contributed by atoms with Crippen molar-refractivity contribution in [3.8, 4) is 17.2 Å². The monoisotopic (exact) mass is 372 g/mol. The molecule has 0 atom stereocenters. The lowest BCUT2D eigenvalue weighted by atomic mass is 10.1. The van der Waals surface area contributed by atoms with Crippen LogP contribution in [0.4, 0.5) is 0 Å². The molecule has 0 saturated heterocycles. The van der Waals surface area contributed by atoms with Crippen molar-refractivity contribution in [3.05, 3.63) is 53.6 Å². The number of aromatic hydroxyl groups is 2. The summed E-state index contributed by atoms with van der Waals surface area (Å²) in [6.45, 7) is 2.44. The Bertz CT molecular complexity index is 754. The zero-order chi connectivity index (χ0) is 19.6. The van der Waals surface area contributed by atoms with Gasteiger partial charge in [0.05, 0.1) is 0 Å². The summed E-state index contributed by atoms with van der Waals surface area (Å²) in [4.78, 5) is 23.7. The third kappa shape index (κ3) is 6.89. The van der Waals surface area contributed by atoms with Crippen LogP contribution in [0.2, 0.25) is 0 Å². The summed E-state index contributed by atoms with van der Waals surface area (Å²) < 4.78 is 5.42. The van der Waals surface area contributed by atoms with Crippen LogP contribution in [0.5, 0.6) is 17.2 Å². The minimum absolute atomic E-state index is 0.110. The normalized spacial score (nSPS) is 10.3. The number of hydrogen-bond acceptors (Lipinski definition) is 5. The van der Waals surface area contributed by atoms with Crippen LogP contribution in [-0.2, 0) is 11.2 Å². The molecule has 4 N–H and O–H groups in total. The Balaban J connectivity index is 1.66. The third-order valence-corrected chi connectivity index (χ3v) is 3.73. The van der Waals surface area contributed by atoms with E-state index in [0.29, 0.717) is 5.75 Å². The first kappa shape index (κ1) is 20.1. The number of rotatable bonds is 9. The highest BCUT2D eigenvalue weighted by Gasteiger charge is 2.08. The number of amides is 2. The molecule has 0 heterocycles. The molecule has 7 nitrogen and oxygen atoms in total. The molecule has 2 aromatic carbocycles. The molecule has 2 aromatic rings. The number of carbonyl (C=O) groups excluding carboxylic acids is 2. The number of nitrogens with one attached hydrogen (secondary N) is 2. The quantitative estimate of drug-likeness (QED) is 0.504. The lowest BCUT2D eigenvalue weighted by Crippen LogP contribution is -2.36. The smallest absolute Gasteiger partial charge is 0.258 e. The molecule has 27 heavy (non-hydrogen) atoms. The molecule has 0 bridgehead atoms. The Kier molecular flexibility index (Phi) is 7.49. The molecule has 144 valence electrons. The van der Waals surface area contributed by atoms with Crippen LogP contribution in [0.1, 0.15) is 29.3 Å². The summed E-state index contributed by atoms with van der Waals surface area (Å²) in [5.41, 5.74) is 1.36. The molecule has 0 spiro atoms. The van der Waals surface area contributed by atoms with Crippen molar-refractivity contribution in [1.29, 1.82) is 0 Å². The number of aryl methyl sites for hydroxylation is 1. The van der Waals surface area contributed by atoms with E-state index in [0.717, 1.165) is 18.9 Å². The van der Waals surface area contributed by atoms with Gasteiger partial charge in [-0.2, -0.15) is 0 Å². The van der Waals surface area contributed by atoms with E-state index in [1.54, 1.807) is 0 Å². The fourth-order valence-corrected chi connectivity index (χ4v) is 2.45. The number of benzene rings is 2. The maximum absolute atomic E-state index is 11.9. The topological polar surface area (TPSA) is 108 Å². The summed E-state index contributed by atoms with van der Waals surface area (Å²) in [6, 6.07) is 11.2. The number of ether oxygens (including phenoxy) is 1. The van der Waals surface area contributed by atoms with Crippen LogP contribution < -0.4 is 15.4 Å². The van der Waals surface area contributed by atoms with E-state index in [9.17, 15) is 19.8 Å². The first-order valence-corrected chi connectivity index (χ1v) is 8.77. The molecule has 2 amide bonds. The van der Waals surface area contributed by atoms with Crippen molar-refractivity contribution in [2.24, 2.45) is 0 Å². The van der Waals surface area contributed by atoms with Crippen LogP contribution in [0.3, 0.4) is 0 Å². The van der Waals surface area contributed by atoms with Crippen molar-refractivity contribution in [2.75, 3.05) is 19.7 Å². The van der Waals surface area contributed by atoms with E-state index in [1.165, 1.54) is 17.7 Å². The lowest BCUT2D eigenvalue weighted by molar-refractivity contribution is -0.123. The predicted octanol–water partition coefficient (Wildman–Crippen LogP) is 1.98. The lowest BCUT2D eigenvalue weighted by Gasteiger charge is -2.09. The molecular formula is C20H24N2O5. The van der Waals surface area contributed by atoms with Gasteiger partial charge in [-0.15, -0.1) is 0 Å². The first-order chi connectivity index (χ1) is 13.0. The zero-order valence-electron chi connectivity index (χ0n) is 15.2. The van der Waals surface area contributed by atoms with Gasteiger partial charge in [-0.25, -0.2) is 0 Å². The largest absolute Gasteiger partial charge is 0.508 e. The summed E-state index contributed by atoms with van der Waals surface area (Å²) >= 11 is 0. The second kappa shape index (κ2) is 10.1. The van der Waals surface area contributed by atoms with E-state index in [4.69, 9.17) is 4.74 Å². The van der Waals surface area contributed by atoms with Gasteiger partial charge in [-0.3, -0.25) is 9.59 Å². The van der Waals surface area contributed by atoms with Crippen LogP contribution in [0, 0.1) is 0 Å². The number of phenols is 2. The van der Waals surface area contributed by atoms with Gasteiger partial charge in [0.2, 0.25) is 0 Å². The van der Waals surface area contributed by atoms with Gasteiger partial charge >= 0.3 is 0 Å². The van der Waals surface area contributed by atoms with E-state index in [-0.39, 0.29) is 42.7 Å². The Labute approximate surface area is 158 Å². The highest BCUT2D eigenvalue weighted by molar-refractivity contribution is 5.95. The zero-order valence-corrected chi connectivity index (χ0v) is 15.2. The average Bonchev–Trinajstić information content (AvgIpc) is 2.64. The maximum Gasteiger partial charge on any atom is 0.258 e. The van der Waals surface area contributed by atoms with Crippen molar-refractivity contribution < 1.29 is 24.5 Å². The van der Waals surface area contributed by atoms with Gasteiger partial charge in [-0.05, 0) is 36.2 Å². The van der Waals surface area contributed by atoms with E-state index in [2.05, 4.69) is 17.6 Å². The van der Waals surface area contributed by atoms with E-state index >= 15 is 0 Å². The van der Waals surface area contributed by atoms with Gasteiger partial charge in [0.15, 0.2) is 6.61 Å². The predicted molar refractivity (Wildman–Crippen MR) is 101 cm³/mol. The van der Waals surface area contributed by atoms with Gasteiger partial charge in [0.1, 0.15) is 17.2 Å². The minimum atomic E-state index is -0.459. The van der Waals surface area contributed by atoms with Crippen LogP contribution in [-0.4, -0.2) is 41.7 Å². The standard InChI is InChI=1S/C20H24N2O5/c1-2-3-14-4-6-18(7-5-14)27-13-19(25)21-8-9-22-20(26)15-10-16(23)12-17(24)11-15/h4-7,10-12,23-24H,2-3,8-9,13H2,1H3,(H,21,25)(H,22,26). The Hall–Kier alpha value is -3.22. The molecule has 0 aliphatic heterocycles. The van der Waals surface area contributed by atoms with Crippen LogP contribution in [0.25, 0.3) is 0 Å². The molecule has 2 rings (SSSR count). The fraction of sp³-hybridized carbons (Fsp3) is 0.300. The summed E-state index contributed by atoms with van der Waals surface area (Å²) in [7, 11) is 0. The number of carbonyl (C=O) groups is 2. The Morgan fingerprint density at radius 3 is 2.22 bits per heavy atom. The van der Waals surface area contributed by atoms with Gasteiger partial charge < -0.3 is 25.6 Å². The number of phenolic OH excluding ortho intramolecular Hbond substituents is 2. The molecule has 0 fully saturated rings. The van der Waals surface area contributed by atoms with Crippen molar-refractivity contribution in [3.63, 3.8) is 0 Å². The van der Waals surface area contributed by atoms with Crippen molar-refractivity contribution >= 4 is 11.8 Å². The van der Waals surface area contributed by atoms with Crippen molar-refractivity contribution in [1.82, 2.24) is 10.6 Å². The van der Waals surface area contributed by atoms with Gasteiger partial charge in [0.25, 0.3) is 11.8 Å². The molecule has 0 radical (unpaired) electrons. The highest BCUT2D eigenvalue weighted by Crippen LogP contribution is 2.20. The molecule has 0 aromatic heterocycles. The van der Waals surface area contributed by atoms with Gasteiger partial charge in [0, 0.05) is 24.7 Å². The first-order valence-electron chi connectivity index (χ1n) is 8.77. The summed E-state index contributed by atoms with van der Waals surface area (Å²) in [5, 5.41) is 24.0. The highest BCUT2D eigenvalue weighted by atomic mass is 16.5. The molecule has 0 aliphatic rings. The third-order valence-electron chi connectivity index (χ3n) is 3.73. The van der Waals surface area contributed by atoms with Crippen LogP contribution in [0.15, 0.2) is 42.5 Å². The van der Waals surface area contributed by atoms with Gasteiger partial charge in [-0.1, -0.05) is 25.5 Å². The fourth-order valence-electron chi connectivity index (χ4n) is 2.45. The molecule has 0 aliphatic carbocycles. The average molecular weight is 372 g/mol.